The average molecular weight is 308 g/mol. The number of benzene rings is 2. The van der Waals surface area contributed by atoms with E-state index in [1.807, 2.05) is 45.0 Å². The second-order valence-corrected chi connectivity index (χ2v) is 5.21. The molecule has 0 unspecified atom stereocenters. The van der Waals surface area contributed by atoms with Crippen LogP contribution in [-0.2, 0) is 0 Å². The lowest BCUT2D eigenvalue weighted by Crippen LogP contribution is -2.02. The summed E-state index contributed by atoms with van der Waals surface area (Å²) in [5.41, 5.74) is 7.02. The third-order valence-corrected chi connectivity index (χ3v) is 3.59. The molecule has 1 N–H and O–H groups in total. The summed E-state index contributed by atoms with van der Waals surface area (Å²) in [5, 5.41) is 24.1. The Balaban J connectivity index is 2.30. The number of nitro groups is 1. The van der Waals surface area contributed by atoms with Gasteiger partial charge in [0.1, 0.15) is 5.69 Å². The molecule has 0 heterocycles. The van der Waals surface area contributed by atoms with Gasteiger partial charge >= 0.3 is 0 Å². The van der Waals surface area contributed by atoms with Crippen molar-refractivity contribution in [1.29, 1.82) is 5.26 Å². The predicted molar refractivity (Wildman–Crippen MR) is 89.6 cm³/mol. The van der Waals surface area contributed by atoms with Gasteiger partial charge in [-0.1, -0.05) is 12.1 Å². The first-order valence-electron chi connectivity index (χ1n) is 6.99. The number of hydrazone groups is 1. The quantitative estimate of drug-likeness (QED) is 0.526. The van der Waals surface area contributed by atoms with E-state index in [1.54, 1.807) is 0 Å². The number of nitrogens with zero attached hydrogens (tertiary/aromatic N) is 3. The Labute approximate surface area is 134 Å². The molecule has 0 atom stereocenters. The first-order valence-corrected chi connectivity index (χ1v) is 6.99. The first kappa shape index (κ1) is 16.2. The molecule has 2 aromatic rings. The SMILES string of the molecule is CC(=NNc1ccc(C#N)cc1[N+](=O)[O-])c1ccc(C)c(C)c1. The Morgan fingerprint density at radius 2 is 1.96 bits per heavy atom. The van der Waals surface area contributed by atoms with E-state index in [1.165, 1.54) is 23.8 Å². The topological polar surface area (TPSA) is 91.3 Å². The minimum absolute atomic E-state index is 0.180. The maximum Gasteiger partial charge on any atom is 0.295 e. The molecule has 0 amide bonds. The zero-order chi connectivity index (χ0) is 17.0. The molecule has 2 aromatic carbocycles. The maximum atomic E-state index is 11.1. The van der Waals surface area contributed by atoms with Crippen LogP contribution < -0.4 is 5.43 Å². The number of anilines is 1. The second-order valence-electron chi connectivity index (χ2n) is 5.21. The predicted octanol–water partition coefficient (Wildman–Crippen LogP) is 3.92. The molecule has 23 heavy (non-hydrogen) atoms. The average Bonchev–Trinajstić information content (AvgIpc) is 2.54. The molecule has 0 spiro atoms. The highest BCUT2D eigenvalue weighted by atomic mass is 16.6. The summed E-state index contributed by atoms with van der Waals surface area (Å²) in [6.45, 7) is 5.88. The van der Waals surface area contributed by atoms with Crippen molar-refractivity contribution in [2.75, 3.05) is 5.43 Å². The number of aryl methyl sites for hydroxylation is 2. The molecule has 0 fully saturated rings. The van der Waals surface area contributed by atoms with Crippen LogP contribution in [0.25, 0.3) is 0 Å². The molecule has 0 aliphatic rings. The fourth-order valence-corrected chi connectivity index (χ4v) is 2.02. The van der Waals surface area contributed by atoms with Crippen molar-refractivity contribution < 1.29 is 4.92 Å². The van der Waals surface area contributed by atoms with Crippen LogP contribution in [0, 0.1) is 35.3 Å². The molecule has 0 aromatic heterocycles. The molecule has 0 aliphatic heterocycles. The molecule has 0 saturated carbocycles. The molecule has 0 radical (unpaired) electrons. The molecule has 0 aliphatic carbocycles. The summed E-state index contributed by atoms with van der Waals surface area (Å²) in [4.78, 5) is 10.6. The molecule has 6 nitrogen and oxygen atoms in total. The van der Waals surface area contributed by atoms with E-state index in [4.69, 9.17) is 5.26 Å². The van der Waals surface area contributed by atoms with Crippen LogP contribution in [-0.4, -0.2) is 10.6 Å². The van der Waals surface area contributed by atoms with Crippen molar-refractivity contribution in [3.8, 4) is 6.07 Å². The Kier molecular flexibility index (Phi) is 4.72. The van der Waals surface area contributed by atoms with Crippen LogP contribution in [0.5, 0.6) is 0 Å². The van der Waals surface area contributed by atoms with Crippen molar-refractivity contribution in [3.05, 3.63) is 68.8 Å². The van der Waals surface area contributed by atoms with E-state index < -0.39 is 4.92 Å². The third kappa shape index (κ3) is 3.71. The van der Waals surface area contributed by atoms with E-state index in [0.717, 1.165) is 11.1 Å². The normalized spacial score (nSPS) is 11.0. The van der Waals surface area contributed by atoms with E-state index in [2.05, 4.69) is 10.5 Å². The van der Waals surface area contributed by atoms with Gasteiger partial charge in [0.2, 0.25) is 0 Å². The molecule has 2 rings (SSSR count). The fourth-order valence-electron chi connectivity index (χ4n) is 2.02. The van der Waals surface area contributed by atoms with Gasteiger partial charge in [-0.15, -0.1) is 0 Å². The van der Waals surface area contributed by atoms with Gasteiger partial charge in [-0.25, -0.2) is 0 Å². The molecule has 0 bridgehead atoms. The van der Waals surface area contributed by atoms with Gasteiger partial charge in [0.05, 0.1) is 22.3 Å². The zero-order valence-electron chi connectivity index (χ0n) is 13.1. The number of nitrogens with one attached hydrogen (secondary N) is 1. The molecule has 116 valence electrons. The number of nitriles is 1. The van der Waals surface area contributed by atoms with Crippen LogP contribution in [0.1, 0.15) is 29.2 Å². The van der Waals surface area contributed by atoms with Crippen LogP contribution in [0.4, 0.5) is 11.4 Å². The first-order chi connectivity index (χ1) is 10.9. The molecular formula is C17H16N4O2. The van der Waals surface area contributed by atoms with Gasteiger partial charge in [-0.05, 0) is 55.7 Å². The zero-order valence-corrected chi connectivity index (χ0v) is 13.1. The van der Waals surface area contributed by atoms with Gasteiger partial charge in [0.15, 0.2) is 0 Å². The Bertz CT molecular complexity index is 835. The van der Waals surface area contributed by atoms with Crippen LogP contribution in [0.2, 0.25) is 0 Å². The lowest BCUT2D eigenvalue weighted by molar-refractivity contribution is -0.384. The summed E-state index contributed by atoms with van der Waals surface area (Å²) in [6.07, 6.45) is 0. The van der Waals surface area contributed by atoms with E-state index >= 15 is 0 Å². The Morgan fingerprint density at radius 1 is 1.22 bits per heavy atom. The van der Waals surface area contributed by atoms with Crippen molar-refractivity contribution in [1.82, 2.24) is 0 Å². The van der Waals surface area contributed by atoms with Crippen LogP contribution >= 0.6 is 0 Å². The summed E-state index contributed by atoms with van der Waals surface area (Å²) in [6, 6.07) is 12.1. The summed E-state index contributed by atoms with van der Waals surface area (Å²) in [7, 11) is 0. The largest absolute Gasteiger partial charge is 0.295 e. The number of rotatable bonds is 4. The molecule has 0 saturated heterocycles. The van der Waals surface area contributed by atoms with Crippen molar-refractivity contribution in [3.63, 3.8) is 0 Å². The summed E-state index contributed by atoms with van der Waals surface area (Å²) >= 11 is 0. The van der Waals surface area contributed by atoms with E-state index in [0.29, 0.717) is 5.71 Å². The third-order valence-electron chi connectivity index (χ3n) is 3.59. The van der Waals surface area contributed by atoms with Crippen LogP contribution in [0.15, 0.2) is 41.5 Å². The van der Waals surface area contributed by atoms with Gasteiger partial charge in [0.25, 0.3) is 5.69 Å². The van der Waals surface area contributed by atoms with Crippen molar-refractivity contribution in [2.45, 2.75) is 20.8 Å². The van der Waals surface area contributed by atoms with E-state index in [-0.39, 0.29) is 16.9 Å². The summed E-state index contributed by atoms with van der Waals surface area (Å²) < 4.78 is 0. The lowest BCUT2D eigenvalue weighted by atomic mass is 10.0. The van der Waals surface area contributed by atoms with E-state index in [9.17, 15) is 10.1 Å². The monoisotopic (exact) mass is 308 g/mol. The number of hydrogen-bond donors (Lipinski definition) is 1. The van der Waals surface area contributed by atoms with Crippen molar-refractivity contribution in [2.24, 2.45) is 5.10 Å². The van der Waals surface area contributed by atoms with Gasteiger partial charge in [-0.3, -0.25) is 15.5 Å². The second kappa shape index (κ2) is 6.71. The van der Waals surface area contributed by atoms with Gasteiger partial charge < -0.3 is 0 Å². The number of hydrogen-bond acceptors (Lipinski definition) is 5. The molecular weight excluding hydrogens is 292 g/mol. The minimum Gasteiger partial charge on any atom is -0.271 e. The number of nitro benzene ring substituents is 1. The Hall–Kier alpha value is -3.20. The van der Waals surface area contributed by atoms with Gasteiger partial charge in [0, 0.05) is 6.07 Å². The molecule has 6 heteroatoms. The van der Waals surface area contributed by atoms with Gasteiger partial charge in [-0.2, -0.15) is 10.4 Å². The standard InChI is InChI=1S/C17H16N4O2/c1-11-4-6-15(8-12(11)2)13(3)19-20-16-7-5-14(10-18)9-17(16)21(22)23/h4-9,20H,1-3H3. The highest BCUT2D eigenvalue weighted by Crippen LogP contribution is 2.25. The maximum absolute atomic E-state index is 11.1. The lowest BCUT2D eigenvalue weighted by Gasteiger charge is -2.07. The highest BCUT2D eigenvalue weighted by Gasteiger charge is 2.14. The smallest absolute Gasteiger partial charge is 0.271 e. The van der Waals surface area contributed by atoms with Crippen LogP contribution in [0.3, 0.4) is 0 Å². The fraction of sp³-hybridized carbons (Fsp3) is 0.176. The minimum atomic E-state index is -0.538. The summed E-state index contributed by atoms with van der Waals surface area (Å²) in [5.74, 6) is 0. The van der Waals surface area contributed by atoms with Crippen molar-refractivity contribution >= 4 is 17.1 Å². The Morgan fingerprint density at radius 3 is 2.57 bits per heavy atom. The highest BCUT2D eigenvalue weighted by molar-refractivity contribution is 5.99.